The number of hydrogen-bond donors (Lipinski definition) is 2. The molecule has 0 aliphatic carbocycles. The predicted octanol–water partition coefficient (Wildman–Crippen LogP) is 5.84. The van der Waals surface area contributed by atoms with Crippen LogP contribution in [0.25, 0.3) is 10.4 Å². The van der Waals surface area contributed by atoms with E-state index in [4.69, 9.17) is 28.2 Å². The topological polar surface area (TPSA) is 57.5 Å². The van der Waals surface area contributed by atoms with Crippen LogP contribution >= 0.6 is 34.5 Å². The van der Waals surface area contributed by atoms with Gasteiger partial charge in [-0.1, -0.05) is 42.3 Å². The van der Waals surface area contributed by atoms with Crippen LogP contribution < -0.4 is 5.32 Å². The molecule has 3 aromatic rings. The summed E-state index contributed by atoms with van der Waals surface area (Å²) in [5.74, 6) is 0.763. The number of amidine groups is 1. The van der Waals surface area contributed by atoms with Gasteiger partial charge in [0.05, 0.1) is 10.9 Å². The Labute approximate surface area is 183 Å². The number of aliphatic hydroxyl groups excluding tert-OH is 1. The summed E-state index contributed by atoms with van der Waals surface area (Å²) in [6.07, 6.45) is 5.74. The molecule has 3 heterocycles. The van der Waals surface area contributed by atoms with E-state index >= 15 is 0 Å². The van der Waals surface area contributed by atoms with Crippen molar-refractivity contribution < 1.29 is 5.11 Å². The maximum atomic E-state index is 11.2. The van der Waals surface area contributed by atoms with E-state index in [1.165, 1.54) is 0 Å². The van der Waals surface area contributed by atoms with Gasteiger partial charge in [0, 0.05) is 27.9 Å². The van der Waals surface area contributed by atoms with Crippen LogP contribution in [0.5, 0.6) is 0 Å². The Morgan fingerprint density at radius 2 is 1.97 bits per heavy atom. The van der Waals surface area contributed by atoms with Crippen LogP contribution in [0.3, 0.4) is 0 Å². The highest BCUT2D eigenvalue weighted by molar-refractivity contribution is 7.17. The third-order valence-electron chi connectivity index (χ3n) is 4.72. The van der Waals surface area contributed by atoms with Gasteiger partial charge in [-0.25, -0.2) is 4.98 Å². The second-order valence-corrected chi connectivity index (χ2v) is 8.55. The molecule has 1 aromatic carbocycles. The number of nitrogens with zero attached hydrogens (tertiary/aromatic N) is 2. The lowest BCUT2D eigenvalue weighted by atomic mass is 10.0. The van der Waals surface area contributed by atoms with Crippen LogP contribution in [0.1, 0.15) is 35.5 Å². The van der Waals surface area contributed by atoms with E-state index in [1.54, 1.807) is 29.7 Å². The number of benzene rings is 1. The average molecular weight is 444 g/mol. The summed E-state index contributed by atoms with van der Waals surface area (Å²) in [7, 11) is 0. The Morgan fingerprint density at radius 3 is 2.69 bits per heavy atom. The summed E-state index contributed by atoms with van der Waals surface area (Å²) < 4.78 is 0. The van der Waals surface area contributed by atoms with Gasteiger partial charge in [-0.2, -0.15) is 0 Å². The maximum absolute atomic E-state index is 11.2. The predicted molar refractivity (Wildman–Crippen MR) is 121 cm³/mol. The van der Waals surface area contributed by atoms with Crippen molar-refractivity contribution in [2.24, 2.45) is 4.99 Å². The molecule has 1 aliphatic rings. The number of rotatable bonds is 5. The molecule has 0 saturated heterocycles. The molecule has 7 heteroatoms. The second kappa shape index (κ2) is 8.67. The molecule has 0 radical (unpaired) electrons. The number of aliphatic imine (C=N–C) groups is 1. The summed E-state index contributed by atoms with van der Waals surface area (Å²) in [5, 5.41) is 15.5. The highest BCUT2D eigenvalue weighted by Crippen LogP contribution is 2.38. The van der Waals surface area contributed by atoms with Gasteiger partial charge in [0.25, 0.3) is 0 Å². The number of nitrogens with one attached hydrogen (secondary N) is 1. The molecule has 0 bridgehead atoms. The third kappa shape index (κ3) is 4.38. The van der Waals surface area contributed by atoms with Crippen molar-refractivity contribution >= 4 is 40.4 Å². The minimum atomic E-state index is -0.806. The van der Waals surface area contributed by atoms with E-state index in [9.17, 15) is 5.11 Å². The lowest BCUT2D eigenvalue weighted by Crippen LogP contribution is -2.25. The van der Waals surface area contributed by atoms with E-state index in [-0.39, 0.29) is 6.04 Å². The highest BCUT2D eigenvalue weighted by Gasteiger charge is 2.23. The largest absolute Gasteiger partial charge is 0.384 e. The van der Waals surface area contributed by atoms with Gasteiger partial charge in [0.2, 0.25) is 0 Å². The normalized spacial score (nSPS) is 17.0. The van der Waals surface area contributed by atoms with Crippen molar-refractivity contribution in [1.82, 2.24) is 10.3 Å². The van der Waals surface area contributed by atoms with Gasteiger partial charge < -0.3 is 10.4 Å². The molecule has 29 heavy (non-hydrogen) atoms. The van der Waals surface area contributed by atoms with E-state index in [0.29, 0.717) is 10.2 Å². The molecular weight excluding hydrogens is 425 g/mol. The van der Waals surface area contributed by atoms with Crippen LogP contribution in [-0.4, -0.2) is 22.0 Å². The molecule has 0 saturated carbocycles. The van der Waals surface area contributed by atoms with E-state index in [0.717, 1.165) is 38.7 Å². The molecule has 2 unspecified atom stereocenters. The number of pyridine rings is 1. The smallest absolute Gasteiger partial charge is 0.143 e. The first kappa shape index (κ1) is 20.1. The number of hydrogen-bond acceptors (Lipinski definition) is 5. The number of aliphatic hydroxyl groups is 1. The van der Waals surface area contributed by atoms with E-state index < -0.39 is 6.10 Å². The molecule has 148 valence electrons. The maximum Gasteiger partial charge on any atom is 0.143 e. The zero-order valence-corrected chi connectivity index (χ0v) is 18.0. The Bertz CT molecular complexity index is 1080. The van der Waals surface area contributed by atoms with Crippen LogP contribution in [-0.2, 0) is 0 Å². The van der Waals surface area contributed by atoms with Crippen LogP contribution in [0.2, 0.25) is 10.2 Å². The molecule has 1 aliphatic heterocycles. The Hall–Kier alpha value is -2.18. The lowest BCUT2D eigenvalue weighted by molar-refractivity contribution is 0.220. The Morgan fingerprint density at radius 1 is 1.17 bits per heavy atom. The van der Waals surface area contributed by atoms with Crippen molar-refractivity contribution in [1.29, 1.82) is 0 Å². The van der Waals surface area contributed by atoms with E-state index in [1.807, 2.05) is 42.6 Å². The molecule has 2 atom stereocenters. The first-order valence-electron chi connectivity index (χ1n) is 9.25. The second-order valence-electron chi connectivity index (χ2n) is 6.67. The molecule has 4 nitrogen and oxygen atoms in total. The zero-order chi connectivity index (χ0) is 20.4. The van der Waals surface area contributed by atoms with Crippen molar-refractivity contribution in [3.05, 3.63) is 87.1 Å². The number of thiophene rings is 1. The van der Waals surface area contributed by atoms with Crippen molar-refractivity contribution in [3.63, 3.8) is 0 Å². The molecule has 0 amide bonds. The summed E-state index contributed by atoms with van der Waals surface area (Å²) in [4.78, 5) is 10.8. The van der Waals surface area contributed by atoms with Gasteiger partial charge >= 0.3 is 0 Å². The molecule has 0 spiro atoms. The van der Waals surface area contributed by atoms with Gasteiger partial charge in [-0.3, -0.25) is 4.99 Å². The Balaban J connectivity index is 1.81. The van der Waals surface area contributed by atoms with Gasteiger partial charge in [0.1, 0.15) is 17.1 Å². The fourth-order valence-corrected chi connectivity index (χ4v) is 4.60. The van der Waals surface area contributed by atoms with Crippen LogP contribution in [0, 0.1) is 0 Å². The van der Waals surface area contributed by atoms with Gasteiger partial charge in [-0.05, 0) is 54.0 Å². The van der Waals surface area contributed by atoms with Crippen molar-refractivity contribution in [3.8, 4) is 10.4 Å². The van der Waals surface area contributed by atoms with Gasteiger partial charge in [0.15, 0.2) is 0 Å². The van der Waals surface area contributed by atoms with Crippen molar-refractivity contribution in [2.75, 3.05) is 0 Å². The first-order valence-corrected chi connectivity index (χ1v) is 10.8. The monoisotopic (exact) mass is 443 g/mol. The number of aromatic nitrogens is 1. The van der Waals surface area contributed by atoms with Crippen LogP contribution in [0.4, 0.5) is 0 Å². The summed E-state index contributed by atoms with van der Waals surface area (Å²) in [6, 6.07) is 13.1. The molecule has 2 aromatic heterocycles. The van der Waals surface area contributed by atoms with E-state index in [2.05, 4.69) is 17.2 Å². The van der Waals surface area contributed by atoms with Gasteiger partial charge in [-0.15, -0.1) is 11.3 Å². The average Bonchev–Trinajstić information content (AvgIpc) is 3.19. The summed E-state index contributed by atoms with van der Waals surface area (Å²) in [6.45, 7) is 2.10. The molecule has 0 fully saturated rings. The summed E-state index contributed by atoms with van der Waals surface area (Å²) in [5.41, 5.74) is 2.51. The fraction of sp³-hybridized carbons (Fsp3) is 0.182. The fourth-order valence-electron chi connectivity index (χ4n) is 3.15. The molecular formula is C22H19Cl2N3OS. The minimum Gasteiger partial charge on any atom is -0.384 e. The number of halogens is 2. The summed E-state index contributed by atoms with van der Waals surface area (Å²) >= 11 is 13.7. The zero-order valence-electron chi connectivity index (χ0n) is 15.6. The molecule has 2 N–H and O–H groups in total. The van der Waals surface area contributed by atoms with Crippen LogP contribution in [0.15, 0.2) is 65.9 Å². The Kier molecular flexibility index (Phi) is 6.01. The standard InChI is InChI=1S/C22H19Cl2N3OS/c1-2-16-8-10-26-22(27-16)21-17(20(28)13-3-5-15(23)6-4-13)12-18(29-21)14-7-9-25-19(24)11-14/h3-12,16,20,28H,2H2,1H3,(H,26,27). The minimum absolute atomic E-state index is 0.118. The first-order chi connectivity index (χ1) is 14.0. The van der Waals surface area contributed by atoms with Crippen molar-refractivity contribution in [2.45, 2.75) is 25.5 Å². The third-order valence-corrected chi connectivity index (χ3v) is 6.38. The lowest BCUT2D eigenvalue weighted by Gasteiger charge is -2.18. The quantitative estimate of drug-likeness (QED) is 0.486. The highest BCUT2D eigenvalue weighted by atomic mass is 35.5. The SMILES string of the molecule is CCC1C=CNC(c2sc(-c3ccnc(Cl)c3)cc2C(O)c2ccc(Cl)cc2)=N1. The molecule has 4 rings (SSSR count).